The molecule has 0 bridgehead atoms. The van der Waals surface area contributed by atoms with Gasteiger partial charge in [0.25, 0.3) is 0 Å². The number of aromatic nitrogens is 3. The van der Waals surface area contributed by atoms with Crippen LogP contribution in [-0.2, 0) is 29.5 Å². The lowest BCUT2D eigenvalue weighted by atomic mass is 9.99. The molecule has 1 aromatic carbocycles. The summed E-state index contributed by atoms with van der Waals surface area (Å²) < 4.78 is 13.0. The lowest BCUT2D eigenvalue weighted by Crippen LogP contribution is -2.37. The van der Waals surface area contributed by atoms with Gasteiger partial charge in [-0.15, -0.1) is 5.10 Å². The Kier molecular flexibility index (Phi) is 6.74. The van der Waals surface area contributed by atoms with Crippen LogP contribution in [0.1, 0.15) is 41.6 Å². The summed E-state index contributed by atoms with van der Waals surface area (Å²) in [5.74, 6) is 0.713. The molecule has 7 heteroatoms. The number of pyridine rings is 1. The molecule has 170 valence electrons. The SMILES string of the molecule is COc1nn(C)c2nc(C)c(CCC(=O)N(Cc3ccccc3)CC3CCCO3)c(C)c12. The number of aryl methyl sites for hydroxylation is 3. The summed E-state index contributed by atoms with van der Waals surface area (Å²) in [5, 5.41) is 5.34. The number of carbonyl (C=O) groups is 1. The van der Waals surface area contributed by atoms with Crippen molar-refractivity contribution in [3.63, 3.8) is 0 Å². The van der Waals surface area contributed by atoms with Gasteiger partial charge in [0.05, 0.1) is 18.6 Å². The Bertz CT molecular complexity index is 1090. The van der Waals surface area contributed by atoms with E-state index in [0.717, 1.165) is 52.9 Å². The highest BCUT2D eigenvalue weighted by atomic mass is 16.5. The van der Waals surface area contributed by atoms with Gasteiger partial charge >= 0.3 is 0 Å². The van der Waals surface area contributed by atoms with Crippen molar-refractivity contribution in [2.24, 2.45) is 7.05 Å². The van der Waals surface area contributed by atoms with E-state index in [1.807, 2.05) is 37.1 Å². The zero-order chi connectivity index (χ0) is 22.7. The van der Waals surface area contributed by atoms with Gasteiger partial charge in [-0.2, -0.15) is 0 Å². The second-order valence-electron chi connectivity index (χ2n) is 8.53. The van der Waals surface area contributed by atoms with Gasteiger partial charge in [-0.25, -0.2) is 9.67 Å². The number of hydrogen-bond donors (Lipinski definition) is 0. The van der Waals surface area contributed by atoms with Gasteiger partial charge in [0.15, 0.2) is 5.65 Å². The van der Waals surface area contributed by atoms with Crippen LogP contribution in [0.4, 0.5) is 0 Å². The number of rotatable bonds is 8. The molecule has 1 aliphatic heterocycles. The Morgan fingerprint density at radius 3 is 2.75 bits per heavy atom. The third-order valence-corrected chi connectivity index (χ3v) is 6.32. The molecule has 3 heterocycles. The van der Waals surface area contributed by atoms with Crippen molar-refractivity contribution in [2.75, 3.05) is 20.3 Å². The van der Waals surface area contributed by atoms with Crippen molar-refractivity contribution >= 4 is 16.9 Å². The number of ether oxygens (including phenoxy) is 2. The van der Waals surface area contributed by atoms with Crippen LogP contribution in [0.15, 0.2) is 30.3 Å². The van der Waals surface area contributed by atoms with Gasteiger partial charge in [0.2, 0.25) is 11.8 Å². The highest BCUT2D eigenvalue weighted by Crippen LogP contribution is 2.30. The van der Waals surface area contributed by atoms with Crippen LogP contribution in [0.25, 0.3) is 11.0 Å². The highest BCUT2D eigenvalue weighted by molar-refractivity contribution is 5.86. The number of nitrogens with zero attached hydrogens (tertiary/aromatic N) is 4. The van der Waals surface area contributed by atoms with E-state index < -0.39 is 0 Å². The standard InChI is InChI=1S/C25H32N4O3/c1-17-21(18(2)26-24-23(17)25(31-4)27-28(24)3)12-13-22(30)29(16-20-11-8-14-32-20)15-19-9-6-5-7-10-19/h5-7,9-10,20H,8,11-16H2,1-4H3. The summed E-state index contributed by atoms with van der Waals surface area (Å²) in [4.78, 5) is 20.0. The maximum atomic E-state index is 13.3. The predicted molar refractivity (Wildman–Crippen MR) is 124 cm³/mol. The minimum absolute atomic E-state index is 0.129. The van der Waals surface area contributed by atoms with Crippen molar-refractivity contribution in [3.8, 4) is 5.88 Å². The normalized spacial score (nSPS) is 15.9. The summed E-state index contributed by atoms with van der Waals surface area (Å²) in [6.07, 6.45) is 3.27. The zero-order valence-electron chi connectivity index (χ0n) is 19.4. The van der Waals surface area contributed by atoms with Crippen LogP contribution < -0.4 is 4.74 Å². The zero-order valence-corrected chi connectivity index (χ0v) is 19.4. The molecule has 1 amide bonds. The molecule has 4 rings (SSSR count). The van der Waals surface area contributed by atoms with Crippen LogP contribution in [0.2, 0.25) is 0 Å². The quantitative estimate of drug-likeness (QED) is 0.538. The lowest BCUT2D eigenvalue weighted by molar-refractivity contribution is -0.133. The Balaban J connectivity index is 1.53. The summed E-state index contributed by atoms with van der Waals surface area (Å²) in [6.45, 7) is 6.09. The molecule has 7 nitrogen and oxygen atoms in total. The third kappa shape index (κ3) is 4.63. The topological polar surface area (TPSA) is 69.5 Å². The molecule has 1 unspecified atom stereocenters. The number of carbonyl (C=O) groups excluding carboxylic acids is 1. The Morgan fingerprint density at radius 2 is 2.06 bits per heavy atom. The van der Waals surface area contributed by atoms with Crippen LogP contribution in [0, 0.1) is 13.8 Å². The first kappa shape index (κ1) is 22.3. The molecule has 3 aromatic rings. The molecular formula is C25H32N4O3. The van der Waals surface area contributed by atoms with Crippen molar-refractivity contribution < 1.29 is 14.3 Å². The molecule has 0 N–H and O–H groups in total. The number of benzene rings is 1. The Labute approximate surface area is 189 Å². The lowest BCUT2D eigenvalue weighted by Gasteiger charge is -2.26. The molecule has 0 saturated carbocycles. The molecule has 1 aliphatic rings. The maximum absolute atomic E-state index is 13.3. The smallest absolute Gasteiger partial charge is 0.242 e. The number of hydrogen-bond acceptors (Lipinski definition) is 5. The first-order valence-corrected chi connectivity index (χ1v) is 11.3. The molecule has 1 saturated heterocycles. The number of fused-ring (bicyclic) bond motifs is 1. The van der Waals surface area contributed by atoms with Gasteiger partial charge < -0.3 is 14.4 Å². The largest absolute Gasteiger partial charge is 0.479 e. The second kappa shape index (κ2) is 9.69. The van der Waals surface area contributed by atoms with Gasteiger partial charge in [-0.05, 0) is 49.8 Å². The molecule has 0 spiro atoms. The van der Waals surface area contributed by atoms with E-state index in [4.69, 9.17) is 14.5 Å². The highest BCUT2D eigenvalue weighted by Gasteiger charge is 2.24. The van der Waals surface area contributed by atoms with Crippen molar-refractivity contribution in [1.29, 1.82) is 0 Å². The van der Waals surface area contributed by atoms with Crippen molar-refractivity contribution in [1.82, 2.24) is 19.7 Å². The second-order valence-corrected chi connectivity index (χ2v) is 8.53. The van der Waals surface area contributed by atoms with Gasteiger partial charge in [0, 0.05) is 38.9 Å². The summed E-state index contributed by atoms with van der Waals surface area (Å²) in [5.41, 5.74) is 5.04. The van der Waals surface area contributed by atoms with E-state index in [0.29, 0.717) is 31.8 Å². The van der Waals surface area contributed by atoms with Gasteiger partial charge in [-0.1, -0.05) is 30.3 Å². The molecule has 0 aliphatic carbocycles. The predicted octanol–water partition coefficient (Wildman–Crippen LogP) is 3.73. The van der Waals surface area contributed by atoms with Crippen LogP contribution in [0.3, 0.4) is 0 Å². The van der Waals surface area contributed by atoms with E-state index in [1.54, 1.807) is 11.8 Å². The van der Waals surface area contributed by atoms with E-state index in [1.165, 1.54) is 0 Å². The molecule has 0 radical (unpaired) electrons. The first-order valence-electron chi connectivity index (χ1n) is 11.3. The average Bonchev–Trinajstić information content (AvgIpc) is 3.41. The van der Waals surface area contributed by atoms with Crippen molar-refractivity contribution in [2.45, 2.75) is 52.2 Å². The Morgan fingerprint density at radius 1 is 1.28 bits per heavy atom. The fourth-order valence-electron chi connectivity index (χ4n) is 4.59. The van der Waals surface area contributed by atoms with Gasteiger partial charge in [-0.3, -0.25) is 4.79 Å². The molecule has 32 heavy (non-hydrogen) atoms. The van der Waals surface area contributed by atoms with Crippen molar-refractivity contribution in [3.05, 3.63) is 52.7 Å². The van der Waals surface area contributed by atoms with Gasteiger partial charge in [0.1, 0.15) is 0 Å². The van der Waals surface area contributed by atoms with E-state index in [-0.39, 0.29) is 12.0 Å². The summed E-state index contributed by atoms with van der Waals surface area (Å²) in [6, 6.07) is 10.2. The fraction of sp³-hybridized carbons (Fsp3) is 0.480. The average molecular weight is 437 g/mol. The monoisotopic (exact) mass is 436 g/mol. The Hall–Kier alpha value is -2.93. The van der Waals surface area contributed by atoms with Crippen LogP contribution in [0.5, 0.6) is 5.88 Å². The fourth-order valence-corrected chi connectivity index (χ4v) is 4.59. The minimum Gasteiger partial charge on any atom is -0.479 e. The molecule has 2 aromatic heterocycles. The van der Waals surface area contributed by atoms with E-state index in [9.17, 15) is 4.79 Å². The van der Waals surface area contributed by atoms with Crippen LogP contribution >= 0.6 is 0 Å². The molecule has 1 atom stereocenters. The number of methoxy groups -OCH3 is 1. The summed E-state index contributed by atoms with van der Waals surface area (Å²) in [7, 11) is 3.49. The first-order chi connectivity index (χ1) is 15.5. The van der Waals surface area contributed by atoms with E-state index in [2.05, 4.69) is 24.2 Å². The third-order valence-electron chi connectivity index (χ3n) is 6.32. The van der Waals surface area contributed by atoms with Crippen LogP contribution in [-0.4, -0.2) is 51.9 Å². The van der Waals surface area contributed by atoms with E-state index >= 15 is 0 Å². The molecule has 1 fully saturated rings. The minimum atomic E-state index is 0.129. The molecular weight excluding hydrogens is 404 g/mol. The number of amides is 1. The maximum Gasteiger partial charge on any atom is 0.242 e. The summed E-state index contributed by atoms with van der Waals surface area (Å²) >= 11 is 0.